The van der Waals surface area contributed by atoms with Crippen molar-refractivity contribution in [3.05, 3.63) is 28.5 Å². The summed E-state index contributed by atoms with van der Waals surface area (Å²) in [6, 6.07) is 3.77. The predicted molar refractivity (Wildman–Crippen MR) is 49.7 cm³/mol. The average molecular weight is 227 g/mol. The molecule has 62 valence electrons. The van der Waals surface area contributed by atoms with Crippen LogP contribution in [0.25, 0.3) is 11.0 Å². The Morgan fingerprint density at radius 2 is 2.33 bits per heavy atom. The third-order valence-corrected chi connectivity index (χ3v) is 2.67. The van der Waals surface area contributed by atoms with Crippen LogP contribution in [0.15, 0.2) is 22.9 Å². The number of fused-ring (bicyclic) bond motifs is 1. The second-order valence-corrected chi connectivity index (χ2v) is 3.29. The maximum absolute atomic E-state index is 8.95. The third-order valence-electron chi connectivity index (χ3n) is 1.78. The fourth-order valence-corrected chi connectivity index (χ4v) is 1.71. The quantitative estimate of drug-likeness (QED) is 0.780. The van der Waals surface area contributed by atoms with E-state index in [0.29, 0.717) is 0 Å². The summed E-state index contributed by atoms with van der Waals surface area (Å²) in [7, 11) is 0. The number of imidazole rings is 1. The van der Waals surface area contributed by atoms with Gasteiger partial charge in [0.1, 0.15) is 5.52 Å². The lowest BCUT2D eigenvalue weighted by molar-refractivity contribution is 0.281. The summed E-state index contributed by atoms with van der Waals surface area (Å²) in [5, 5.41) is 8.95. The van der Waals surface area contributed by atoms with E-state index in [4.69, 9.17) is 5.11 Å². The van der Waals surface area contributed by atoms with Gasteiger partial charge in [0, 0.05) is 0 Å². The van der Waals surface area contributed by atoms with E-state index in [-0.39, 0.29) is 6.61 Å². The Morgan fingerprint density at radius 1 is 1.50 bits per heavy atom. The van der Waals surface area contributed by atoms with E-state index in [0.717, 1.165) is 21.1 Å². The van der Waals surface area contributed by atoms with Crippen molar-refractivity contribution in [2.75, 3.05) is 0 Å². The number of hydrogen-bond donors (Lipinski definition) is 2. The van der Waals surface area contributed by atoms with Gasteiger partial charge in [-0.05, 0) is 27.6 Å². The molecule has 4 heteroatoms. The molecule has 12 heavy (non-hydrogen) atoms. The van der Waals surface area contributed by atoms with Gasteiger partial charge in [-0.25, -0.2) is 4.98 Å². The van der Waals surface area contributed by atoms with Crippen LogP contribution in [0.3, 0.4) is 0 Å². The number of aromatic nitrogens is 2. The second-order valence-electron chi connectivity index (χ2n) is 2.50. The van der Waals surface area contributed by atoms with Crippen LogP contribution in [-0.4, -0.2) is 15.1 Å². The first-order chi connectivity index (χ1) is 5.83. The van der Waals surface area contributed by atoms with Crippen LogP contribution in [0.2, 0.25) is 0 Å². The number of aliphatic hydroxyl groups is 1. The Labute approximate surface area is 77.6 Å². The van der Waals surface area contributed by atoms with Crippen LogP contribution in [0.1, 0.15) is 5.56 Å². The molecule has 0 saturated carbocycles. The van der Waals surface area contributed by atoms with E-state index in [2.05, 4.69) is 25.9 Å². The number of nitrogens with one attached hydrogen (secondary N) is 1. The van der Waals surface area contributed by atoms with Gasteiger partial charge in [0.25, 0.3) is 0 Å². The summed E-state index contributed by atoms with van der Waals surface area (Å²) in [5.41, 5.74) is 2.69. The first-order valence-electron chi connectivity index (χ1n) is 3.54. The predicted octanol–water partition coefficient (Wildman–Crippen LogP) is 1.82. The van der Waals surface area contributed by atoms with Crippen LogP contribution >= 0.6 is 15.9 Å². The number of nitrogens with zero attached hydrogens (tertiary/aromatic N) is 1. The number of benzene rings is 1. The van der Waals surface area contributed by atoms with E-state index < -0.39 is 0 Å². The largest absolute Gasteiger partial charge is 0.392 e. The molecule has 0 aliphatic heterocycles. The number of aromatic amines is 1. The first-order valence-corrected chi connectivity index (χ1v) is 4.33. The zero-order valence-electron chi connectivity index (χ0n) is 6.21. The summed E-state index contributed by atoms with van der Waals surface area (Å²) in [6.07, 6.45) is 1.64. The Bertz CT molecular complexity index is 410. The molecule has 0 fully saturated rings. The SMILES string of the molecule is OCc1ccc2[nH]cnc2c1Br. The number of halogens is 1. The van der Waals surface area contributed by atoms with Gasteiger partial charge in [-0.3, -0.25) is 0 Å². The van der Waals surface area contributed by atoms with E-state index in [1.807, 2.05) is 12.1 Å². The molecule has 2 N–H and O–H groups in total. The number of H-pyrrole nitrogens is 1. The van der Waals surface area contributed by atoms with Crippen LogP contribution in [-0.2, 0) is 6.61 Å². The molecular formula is C8H7BrN2O. The normalized spacial score (nSPS) is 10.8. The highest BCUT2D eigenvalue weighted by Crippen LogP contribution is 2.24. The highest BCUT2D eigenvalue weighted by molar-refractivity contribution is 9.10. The Morgan fingerprint density at radius 3 is 3.08 bits per heavy atom. The molecule has 0 radical (unpaired) electrons. The molecule has 0 atom stereocenters. The summed E-state index contributed by atoms with van der Waals surface area (Å²) in [5.74, 6) is 0. The molecule has 1 aromatic carbocycles. The van der Waals surface area contributed by atoms with Crippen LogP contribution in [0.5, 0.6) is 0 Å². The van der Waals surface area contributed by atoms with Crippen molar-refractivity contribution in [1.82, 2.24) is 9.97 Å². The summed E-state index contributed by atoms with van der Waals surface area (Å²) >= 11 is 3.38. The standard InChI is InChI=1S/C8H7BrN2O/c9-7-5(3-12)1-2-6-8(7)11-4-10-6/h1-2,4,12H,3H2,(H,10,11). The van der Waals surface area contributed by atoms with Gasteiger partial charge in [0.2, 0.25) is 0 Å². The highest BCUT2D eigenvalue weighted by atomic mass is 79.9. The average Bonchev–Trinajstić information content (AvgIpc) is 2.53. The van der Waals surface area contributed by atoms with Gasteiger partial charge in [-0.2, -0.15) is 0 Å². The molecule has 2 aromatic rings. The molecule has 1 heterocycles. The topological polar surface area (TPSA) is 48.9 Å². The molecule has 0 saturated heterocycles. The molecule has 0 aliphatic carbocycles. The van der Waals surface area contributed by atoms with Gasteiger partial charge in [-0.15, -0.1) is 0 Å². The van der Waals surface area contributed by atoms with Gasteiger partial charge in [0.15, 0.2) is 0 Å². The van der Waals surface area contributed by atoms with Crippen molar-refractivity contribution in [2.45, 2.75) is 6.61 Å². The van der Waals surface area contributed by atoms with Crippen molar-refractivity contribution in [3.8, 4) is 0 Å². The molecule has 3 nitrogen and oxygen atoms in total. The molecule has 0 bridgehead atoms. The number of hydrogen-bond acceptors (Lipinski definition) is 2. The smallest absolute Gasteiger partial charge is 0.103 e. The van der Waals surface area contributed by atoms with E-state index in [1.54, 1.807) is 6.33 Å². The lowest BCUT2D eigenvalue weighted by Crippen LogP contribution is -1.85. The number of aliphatic hydroxyl groups excluding tert-OH is 1. The summed E-state index contributed by atoms with van der Waals surface area (Å²) < 4.78 is 0.865. The minimum atomic E-state index is 0.0311. The summed E-state index contributed by atoms with van der Waals surface area (Å²) in [4.78, 5) is 7.10. The van der Waals surface area contributed by atoms with E-state index in [9.17, 15) is 0 Å². The van der Waals surface area contributed by atoms with Crippen molar-refractivity contribution in [2.24, 2.45) is 0 Å². The van der Waals surface area contributed by atoms with Crippen molar-refractivity contribution >= 4 is 27.0 Å². The fraction of sp³-hybridized carbons (Fsp3) is 0.125. The van der Waals surface area contributed by atoms with Crippen LogP contribution < -0.4 is 0 Å². The Balaban J connectivity index is 2.78. The minimum absolute atomic E-state index is 0.0311. The zero-order chi connectivity index (χ0) is 8.55. The van der Waals surface area contributed by atoms with E-state index in [1.165, 1.54) is 0 Å². The molecular weight excluding hydrogens is 220 g/mol. The maximum Gasteiger partial charge on any atom is 0.103 e. The molecule has 1 aromatic heterocycles. The van der Waals surface area contributed by atoms with Crippen LogP contribution in [0, 0.1) is 0 Å². The molecule has 0 unspecified atom stereocenters. The van der Waals surface area contributed by atoms with Gasteiger partial charge in [-0.1, -0.05) is 6.07 Å². The van der Waals surface area contributed by atoms with Gasteiger partial charge in [0.05, 0.1) is 22.9 Å². The van der Waals surface area contributed by atoms with Gasteiger partial charge >= 0.3 is 0 Å². The molecule has 0 spiro atoms. The Kier molecular flexibility index (Phi) is 1.86. The first kappa shape index (κ1) is 7.76. The lowest BCUT2D eigenvalue weighted by atomic mass is 10.2. The molecule has 2 rings (SSSR count). The lowest BCUT2D eigenvalue weighted by Gasteiger charge is -1.99. The third kappa shape index (κ3) is 1.04. The minimum Gasteiger partial charge on any atom is -0.392 e. The monoisotopic (exact) mass is 226 g/mol. The number of rotatable bonds is 1. The van der Waals surface area contributed by atoms with E-state index >= 15 is 0 Å². The second kappa shape index (κ2) is 2.88. The highest BCUT2D eigenvalue weighted by Gasteiger charge is 2.05. The summed E-state index contributed by atoms with van der Waals surface area (Å²) in [6.45, 7) is 0.0311. The van der Waals surface area contributed by atoms with Crippen molar-refractivity contribution in [1.29, 1.82) is 0 Å². The van der Waals surface area contributed by atoms with Crippen molar-refractivity contribution < 1.29 is 5.11 Å². The molecule has 0 amide bonds. The van der Waals surface area contributed by atoms with Gasteiger partial charge < -0.3 is 10.1 Å². The zero-order valence-corrected chi connectivity index (χ0v) is 7.80. The fourth-order valence-electron chi connectivity index (χ4n) is 1.14. The Hall–Kier alpha value is -0.870. The van der Waals surface area contributed by atoms with Crippen molar-refractivity contribution in [3.63, 3.8) is 0 Å². The molecule has 0 aliphatic rings. The maximum atomic E-state index is 8.95. The van der Waals surface area contributed by atoms with Crippen LogP contribution in [0.4, 0.5) is 0 Å².